The molecule has 0 spiro atoms. The third-order valence-electron chi connectivity index (χ3n) is 4.61. The topological polar surface area (TPSA) is 95.2 Å². The second-order valence-electron chi connectivity index (χ2n) is 6.31. The zero-order chi connectivity index (χ0) is 18.6. The normalized spacial score (nSPS) is 12.0. The molecule has 134 valence electrons. The van der Waals surface area contributed by atoms with E-state index < -0.39 is 0 Å². The molecule has 0 saturated heterocycles. The highest BCUT2D eigenvalue weighted by Gasteiger charge is 2.14. The molecule has 0 saturated carbocycles. The number of aromatic nitrogens is 5. The highest BCUT2D eigenvalue weighted by atomic mass is 15.3. The van der Waals surface area contributed by atoms with Crippen LogP contribution >= 0.6 is 0 Å². The number of benzene rings is 1. The summed E-state index contributed by atoms with van der Waals surface area (Å²) in [4.78, 5) is 11.8. The summed E-state index contributed by atoms with van der Waals surface area (Å²) < 4.78 is 1.97. The molecule has 0 fully saturated rings. The Morgan fingerprint density at radius 3 is 3.07 bits per heavy atom. The van der Waals surface area contributed by atoms with Gasteiger partial charge in [0, 0.05) is 35.6 Å². The van der Waals surface area contributed by atoms with Gasteiger partial charge >= 0.3 is 0 Å². The summed E-state index contributed by atoms with van der Waals surface area (Å²) in [5, 5.41) is 18.0. The summed E-state index contributed by atoms with van der Waals surface area (Å²) in [7, 11) is 0. The van der Waals surface area contributed by atoms with Crippen molar-refractivity contribution >= 4 is 16.7 Å². The first-order chi connectivity index (χ1) is 13.3. The van der Waals surface area contributed by atoms with E-state index in [1.165, 1.54) is 0 Å². The fourth-order valence-corrected chi connectivity index (χ4v) is 3.12. The van der Waals surface area contributed by atoms with E-state index in [0.29, 0.717) is 5.56 Å². The van der Waals surface area contributed by atoms with Gasteiger partial charge in [-0.1, -0.05) is 13.0 Å². The lowest BCUT2D eigenvalue weighted by molar-refractivity contribution is 0.460. The molecular formula is C20H19N7. The predicted molar refractivity (Wildman–Crippen MR) is 104 cm³/mol. The summed E-state index contributed by atoms with van der Waals surface area (Å²) in [6.07, 6.45) is 8.22. The molecule has 0 aliphatic carbocycles. The monoisotopic (exact) mass is 357 g/mol. The number of nitrogens with zero attached hydrogens (tertiary/aromatic N) is 5. The van der Waals surface area contributed by atoms with E-state index in [1.54, 1.807) is 12.4 Å². The Labute approximate surface area is 156 Å². The summed E-state index contributed by atoms with van der Waals surface area (Å²) in [6, 6.07) is 11.8. The lowest BCUT2D eigenvalue weighted by atomic mass is 10.1. The van der Waals surface area contributed by atoms with Crippen molar-refractivity contribution in [1.29, 1.82) is 5.26 Å². The third kappa shape index (κ3) is 3.37. The molecular weight excluding hydrogens is 338 g/mol. The quantitative estimate of drug-likeness (QED) is 0.548. The maximum atomic E-state index is 9.03. The van der Waals surface area contributed by atoms with Gasteiger partial charge in [0.05, 0.1) is 29.6 Å². The van der Waals surface area contributed by atoms with Crippen LogP contribution in [0, 0.1) is 11.3 Å². The number of rotatable bonds is 6. The van der Waals surface area contributed by atoms with Crippen LogP contribution in [0.3, 0.4) is 0 Å². The minimum absolute atomic E-state index is 0.188. The Balaban J connectivity index is 1.54. The molecule has 2 N–H and O–H groups in total. The first kappa shape index (κ1) is 16.8. The molecule has 0 amide bonds. The Kier molecular flexibility index (Phi) is 4.54. The molecule has 0 aliphatic rings. The van der Waals surface area contributed by atoms with Gasteiger partial charge < -0.3 is 10.3 Å². The van der Waals surface area contributed by atoms with Crippen LogP contribution in [0.2, 0.25) is 0 Å². The Hall–Kier alpha value is -3.66. The van der Waals surface area contributed by atoms with E-state index in [0.717, 1.165) is 40.9 Å². The molecule has 7 nitrogen and oxygen atoms in total. The fourth-order valence-electron chi connectivity index (χ4n) is 3.12. The molecule has 1 atom stereocenters. The number of H-pyrrole nitrogens is 1. The molecule has 1 aromatic carbocycles. The summed E-state index contributed by atoms with van der Waals surface area (Å²) in [6.45, 7) is 2.85. The number of hydrogen-bond acceptors (Lipinski definition) is 5. The number of aromatic amines is 1. The molecule has 1 unspecified atom stereocenters. The first-order valence-corrected chi connectivity index (χ1v) is 8.85. The highest BCUT2D eigenvalue weighted by Crippen LogP contribution is 2.25. The standard InChI is InChI=1S/C20H19N7/c1-2-17(11-23-16-5-3-4-14(8-16)9-21)27-12-15(10-26-27)19-18-6-7-22-20(18)25-13-24-19/h3-8,10,12-13,17,23H,2,11H2,1H3,(H,22,24,25). The van der Waals surface area contributed by atoms with Crippen LogP contribution in [0.25, 0.3) is 22.3 Å². The second-order valence-corrected chi connectivity index (χ2v) is 6.31. The third-order valence-corrected chi connectivity index (χ3v) is 4.61. The second kappa shape index (κ2) is 7.30. The van der Waals surface area contributed by atoms with Gasteiger partial charge in [0.1, 0.15) is 12.0 Å². The average molecular weight is 357 g/mol. The lowest BCUT2D eigenvalue weighted by Crippen LogP contribution is -2.18. The molecule has 4 rings (SSSR count). The predicted octanol–water partition coefficient (Wildman–Crippen LogP) is 3.76. The van der Waals surface area contributed by atoms with E-state index in [-0.39, 0.29) is 6.04 Å². The van der Waals surface area contributed by atoms with Crippen LogP contribution in [-0.2, 0) is 0 Å². The maximum Gasteiger partial charge on any atom is 0.141 e. The van der Waals surface area contributed by atoms with Crippen molar-refractivity contribution in [2.75, 3.05) is 11.9 Å². The van der Waals surface area contributed by atoms with Crippen LogP contribution in [0.15, 0.2) is 55.2 Å². The summed E-state index contributed by atoms with van der Waals surface area (Å²) in [5.41, 5.74) is 4.24. The van der Waals surface area contributed by atoms with Crippen molar-refractivity contribution in [3.63, 3.8) is 0 Å². The molecule has 0 radical (unpaired) electrons. The minimum atomic E-state index is 0.188. The zero-order valence-electron chi connectivity index (χ0n) is 14.9. The van der Waals surface area contributed by atoms with E-state index in [2.05, 4.69) is 38.4 Å². The van der Waals surface area contributed by atoms with Gasteiger partial charge in [-0.05, 0) is 30.7 Å². The SMILES string of the molecule is CCC(CNc1cccc(C#N)c1)n1cc(-c2ncnc3[nH]ccc23)cn1. The van der Waals surface area contributed by atoms with E-state index in [1.807, 2.05) is 47.5 Å². The molecule has 27 heavy (non-hydrogen) atoms. The van der Waals surface area contributed by atoms with Gasteiger partial charge in [0.25, 0.3) is 0 Å². The molecule has 0 aliphatic heterocycles. The van der Waals surface area contributed by atoms with Crippen molar-refractivity contribution in [3.8, 4) is 17.3 Å². The van der Waals surface area contributed by atoms with E-state index >= 15 is 0 Å². The van der Waals surface area contributed by atoms with Gasteiger partial charge in [0.2, 0.25) is 0 Å². The number of anilines is 1. The molecule has 0 bridgehead atoms. The zero-order valence-corrected chi connectivity index (χ0v) is 14.9. The van der Waals surface area contributed by atoms with Gasteiger partial charge in [-0.15, -0.1) is 0 Å². The summed E-state index contributed by atoms with van der Waals surface area (Å²) >= 11 is 0. The number of fused-ring (bicyclic) bond motifs is 1. The number of nitriles is 1. The molecule has 7 heteroatoms. The Morgan fingerprint density at radius 2 is 2.22 bits per heavy atom. The molecule has 3 aromatic heterocycles. The van der Waals surface area contributed by atoms with Gasteiger partial charge in [0.15, 0.2) is 0 Å². The van der Waals surface area contributed by atoms with Crippen molar-refractivity contribution in [3.05, 3.63) is 60.8 Å². The van der Waals surface area contributed by atoms with Gasteiger partial charge in [-0.3, -0.25) is 4.68 Å². The molecule has 4 aromatic rings. The van der Waals surface area contributed by atoms with Crippen LogP contribution in [-0.4, -0.2) is 31.3 Å². The van der Waals surface area contributed by atoms with Crippen molar-refractivity contribution in [2.24, 2.45) is 0 Å². The molecule has 3 heterocycles. The fraction of sp³-hybridized carbons (Fsp3) is 0.200. The van der Waals surface area contributed by atoms with E-state index in [4.69, 9.17) is 5.26 Å². The Morgan fingerprint density at radius 1 is 1.30 bits per heavy atom. The van der Waals surface area contributed by atoms with Crippen molar-refractivity contribution < 1.29 is 0 Å². The highest BCUT2D eigenvalue weighted by molar-refractivity contribution is 5.89. The van der Waals surface area contributed by atoms with Crippen LogP contribution in [0.4, 0.5) is 5.69 Å². The first-order valence-electron chi connectivity index (χ1n) is 8.85. The van der Waals surface area contributed by atoms with Crippen LogP contribution < -0.4 is 5.32 Å². The minimum Gasteiger partial charge on any atom is -0.383 e. The van der Waals surface area contributed by atoms with Crippen LogP contribution in [0.5, 0.6) is 0 Å². The van der Waals surface area contributed by atoms with E-state index in [9.17, 15) is 0 Å². The lowest BCUT2D eigenvalue weighted by Gasteiger charge is -2.17. The number of hydrogen-bond donors (Lipinski definition) is 2. The van der Waals surface area contributed by atoms with Crippen molar-refractivity contribution in [1.82, 2.24) is 24.7 Å². The maximum absolute atomic E-state index is 9.03. The number of nitrogens with one attached hydrogen (secondary N) is 2. The Bertz CT molecular complexity index is 1100. The van der Waals surface area contributed by atoms with Crippen LogP contribution in [0.1, 0.15) is 24.9 Å². The van der Waals surface area contributed by atoms with Gasteiger partial charge in [-0.25, -0.2) is 9.97 Å². The van der Waals surface area contributed by atoms with Crippen molar-refractivity contribution in [2.45, 2.75) is 19.4 Å². The van der Waals surface area contributed by atoms with Gasteiger partial charge in [-0.2, -0.15) is 10.4 Å². The smallest absolute Gasteiger partial charge is 0.141 e. The summed E-state index contributed by atoms with van der Waals surface area (Å²) in [5.74, 6) is 0. The largest absolute Gasteiger partial charge is 0.383 e. The average Bonchev–Trinajstić information content (AvgIpc) is 3.38.